The van der Waals surface area contributed by atoms with Gasteiger partial charge in [-0.2, -0.15) is 21.6 Å². The second kappa shape index (κ2) is 13.2. The van der Waals surface area contributed by atoms with Crippen molar-refractivity contribution >= 4 is 33.8 Å². The molecule has 6 aromatic carbocycles. The summed E-state index contributed by atoms with van der Waals surface area (Å²) >= 11 is 0. The van der Waals surface area contributed by atoms with Crippen LogP contribution in [0.25, 0.3) is 22.3 Å². The van der Waals surface area contributed by atoms with E-state index in [4.69, 9.17) is 4.18 Å². The van der Waals surface area contributed by atoms with Gasteiger partial charge in [-0.05, 0) is 44.4 Å². The lowest BCUT2D eigenvalue weighted by Gasteiger charge is -2.28. The van der Waals surface area contributed by atoms with Crippen LogP contribution >= 0.6 is 0 Å². The molecular weight excluding hydrogens is 634 g/mol. The van der Waals surface area contributed by atoms with Gasteiger partial charge < -0.3 is 4.18 Å². The van der Waals surface area contributed by atoms with Crippen molar-refractivity contribution in [1.82, 2.24) is 0 Å². The van der Waals surface area contributed by atoms with Gasteiger partial charge in [-0.15, -0.1) is 5.54 Å². The normalized spacial score (nSPS) is 11.7. The molecule has 0 radical (unpaired) electrons. The van der Waals surface area contributed by atoms with Crippen LogP contribution in [0.5, 0.6) is 5.75 Å². The molecule has 0 saturated heterocycles. The summed E-state index contributed by atoms with van der Waals surface area (Å²) in [6, 6.07) is 50.6. The molecule has 0 heterocycles. The predicted octanol–water partition coefficient (Wildman–Crippen LogP) is 7.31. The van der Waals surface area contributed by atoms with Gasteiger partial charge in [0.2, 0.25) is 8.07 Å². The smallest absolute Gasteiger partial charge is 0.375 e. The standard InChI is InChI=1S/C39H27F3O3SSi/c40-39(41,42)46(43,44)45-37-27-15-18-31(38(37)36-26-14-13-25-35(36)30-16-5-1-6-17-30)28-29-47(32-19-7-2-8-20-32,33-21-9-3-10-22-33)34-23-11-4-12-24-34/h1-27H. The molecule has 0 N–H and O–H groups in total. The third-order valence-corrected chi connectivity index (χ3v) is 12.9. The molecule has 0 amide bonds. The van der Waals surface area contributed by atoms with Gasteiger partial charge in [-0.1, -0.05) is 158 Å². The van der Waals surface area contributed by atoms with Crippen LogP contribution in [0.3, 0.4) is 0 Å². The Morgan fingerprint density at radius 2 is 0.979 bits per heavy atom. The molecular formula is C39H27F3O3SSi. The van der Waals surface area contributed by atoms with E-state index in [1.807, 2.05) is 133 Å². The van der Waals surface area contributed by atoms with Crippen LogP contribution in [0.2, 0.25) is 0 Å². The maximum Gasteiger partial charge on any atom is 0.534 e. The summed E-state index contributed by atoms with van der Waals surface area (Å²) in [4.78, 5) is 0. The first-order chi connectivity index (χ1) is 22.7. The highest BCUT2D eigenvalue weighted by atomic mass is 32.2. The van der Waals surface area contributed by atoms with Gasteiger partial charge in [0.05, 0.1) is 0 Å². The molecule has 0 spiro atoms. The number of alkyl halides is 3. The summed E-state index contributed by atoms with van der Waals surface area (Å²) in [7, 11) is -9.09. The first-order valence-corrected chi connectivity index (χ1v) is 18.1. The number of halogens is 3. The highest BCUT2D eigenvalue weighted by Crippen LogP contribution is 2.41. The number of hydrogen-bond acceptors (Lipinski definition) is 3. The molecule has 0 bridgehead atoms. The zero-order valence-electron chi connectivity index (χ0n) is 24.9. The van der Waals surface area contributed by atoms with Gasteiger partial charge in [0.1, 0.15) is 0 Å². The molecule has 8 heteroatoms. The molecule has 6 rings (SSSR count). The molecule has 0 aliphatic carbocycles. The molecule has 3 nitrogen and oxygen atoms in total. The Balaban J connectivity index is 1.67. The minimum atomic E-state index is -5.99. The van der Waals surface area contributed by atoms with E-state index in [0.29, 0.717) is 16.7 Å². The van der Waals surface area contributed by atoms with Crippen molar-refractivity contribution in [2.24, 2.45) is 0 Å². The van der Waals surface area contributed by atoms with E-state index in [9.17, 15) is 21.6 Å². The van der Waals surface area contributed by atoms with Gasteiger partial charge in [0.25, 0.3) is 0 Å². The molecule has 0 aromatic heterocycles. The van der Waals surface area contributed by atoms with Gasteiger partial charge in [0.15, 0.2) is 5.75 Å². The van der Waals surface area contributed by atoms with Crippen LogP contribution in [0, 0.1) is 11.5 Å². The van der Waals surface area contributed by atoms with Crippen LogP contribution in [0.15, 0.2) is 164 Å². The van der Waals surface area contributed by atoms with Crippen molar-refractivity contribution in [2.45, 2.75) is 5.51 Å². The third kappa shape index (κ3) is 6.36. The van der Waals surface area contributed by atoms with E-state index in [1.165, 1.54) is 12.1 Å². The average Bonchev–Trinajstić information content (AvgIpc) is 3.10. The van der Waals surface area contributed by atoms with E-state index < -0.39 is 29.4 Å². The topological polar surface area (TPSA) is 43.4 Å². The van der Waals surface area contributed by atoms with Gasteiger partial charge in [0, 0.05) is 11.1 Å². The van der Waals surface area contributed by atoms with Gasteiger partial charge in [-0.3, -0.25) is 0 Å². The summed E-state index contributed by atoms with van der Waals surface area (Å²) in [5.41, 5.74) is 0.429. The molecule has 0 saturated carbocycles. The lowest BCUT2D eigenvalue weighted by molar-refractivity contribution is -0.0499. The van der Waals surface area contributed by atoms with Crippen LogP contribution in [0.4, 0.5) is 13.2 Å². The maximum atomic E-state index is 13.6. The Labute approximate surface area is 273 Å². The molecule has 0 aliphatic rings. The molecule has 47 heavy (non-hydrogen) atoms. The second-order valence-corrected chi connectivity index (χ2v) is 15.7. The molecule has 0 atom stereocenters. The Morgan fingerprint density at radius 3 is 1.47 bits per heavy atom. The minimum Gasteiger partial charge on any atom is -0.375 e. The predicted molar refractivity (Wildman–Crippen MR) is 184 cm³/mol. The largest absolute Gasteiger partial charge is 0.534 e. The van der Waals surface area contributed by atoms with E-state index in [2.05, 4.69) is 11.5 Å². The lowest BCUT2D eigenvalue weighted by atomic mass is 9.91. The zero-order valence-corrected chi connectivity index (χ0v) is 26.7. The van der Waals surface area contributed by atoms with E-state index in [1.54, 1.807) is 18.2 Å². The monoisotopic (exact) mass is 660 g/mol. The summed E-state index contributed by atoms with van der Waals surface area (Å²) < 4.78 is 70.5. The Kier molecular flexibility index (Phi) is 8.86. The number of rotatable bonds is 7. The summed E-state index contributed by atoms with van der Waals surface area (Å²) in [5.74, 6) is 2.88. The molecule has 6 aromatic rings. The van der Waals surface area contributed by atoms with Crippen molar-refractivity contribution in [3.8, 4) is 39.5 Å². The van der Waals surface area contributed by atoms with Crippen LogP contribution < -0.4 is 19.7 Å². The van der Waals surface area contributed by atoms with Crippen molar-refractivity contribution < 1.29 is 25.8 Å². The second-order valence-electron chi connectivity index (χ2n) is 10.7. The van der Waals surface area contributed by atoms with E-state index >= 15 is 0 Å². The molecule has 0 fully saturated rings. The minimum absolute atomic E-state index is 0.143. The lowest BCUT2D eigenvalue weighted by Crippen LogP contribution is -2.66. The SMILES string of the molecule is O=S(=O)(Oc1cccc(C#C[Si](c2ccccc2)(c2ccccc2)c2ccccc2)c1-c1ccccc1-c1ccccc1)C(F)(F)F. The van der Waals surface area contributed by atoms with Crippen molar-refractivity contribution in [3.63, 3.8) is 0 Å². The Bertz CT molecular complexity index is 2070. The first kappa shape index (κ1) is 31.6. The fraction of sp³-hybridized carbons (Fsp3) is 0.0256. The number of hydrogen-bond donors (Lipinski definition) is 0. The average molecular weight is 661 g/mol. The van der Waals surface area contributed by atoms with Gasteiger partial charge >= 0.3 is 15.6 Å². The third-order valence-electron chi connectivity index (χ3n) is 7.80. The van der Waals surface area contributed by atoms with Crippen molar-refractivity contribution in [3.05, 3.63) is 169 Å². The fourth-order valence-electron chi connectivity index (χ4n) is 5.66. The summed E-state index contributed by atoms with van der Waals surface area (Å²) in [6.45, 7) is 0. The molecule has 232 valence electrons. The highest BCUT2D eigenvalue weighted by Gasteiger charge is 2.49. The molecule has 0 unspecified atom stereocenters. The Hall–Kier alpha value is -5.36. The van der Waals surface area contributed by atoms with Crippen LogP contribution in [-0.4, -0.2) is 22.0 Å². The highest BCUT2D eigenvalue weighted by molar-refractivity contribution is 7.88. The first-order valence-electron chi connectivity index (χ1n) is 14.7. The maximum absolute atomic E-state index is 13.6. The summed E-state index contributed by atoms with van der Waals surface area (Å²) in [5, 5.41) is 3.05. The zero-order chi connectivity index (χ0) is 32.9. The van der Waals surface area contributed by atoms with Crippen LogP contribution in [-0.2, 0) is 10.1 Å². The van der Waals surface area contributed by atoms with Gasteiger partial charge in [-0.25, -0.2) is 0 Å². The molecule has 0 aliphatic heterocycles. The van der Waals surface area contributed by atoms with Crippen molar-refractivity contribution in [2.75, 3.05) is 0 Å². The van der Waals surface area contributed by atoms with Crippen LogP contribution in [0.1, 0.15) is 5.56 Å². The Morgan fingerprint density at radius 1 is 0.532 bits per heavy atom. The number of benzene rings is 6. The van der Waals surface area contributed by atoms with E-state index in [0.717, 1.165) is 21.1 Å². The van der Waals surface area contributed by atoms with E-state index in [-0.39, 0.29) is 5.56 Å². The summed E-state index contributed by atoms with van der Waals surface area (Å²) in [6.07, 6.45) is 0. The van der Waals surface area contributed by atoms with Crippen molar-refractivity contribution in [1.29, 1.82) is 0 Å². The fourth-order valence-corrected chi connectivity index (χ4v) is 9.96. The quantitative estimate of drug-likeness (QED) is 0.0593.